The van der Waals surface area contributed by atoms with Crippen LogP contribution >= 0.6 is 0 Å². The third-order valence-electron chi connectivity index (χ3n) is 4.01. The first-order valence-corrected chi connectivity index (χ1v) is 8.18. The molecule has 26 heavy (non-hydrogen) atoms. The summed E-state index contributed by atoms with van der Waals surface area (Å²) in [7, 11) is 1.54. The van der Waals surface area contributed by atoms with Gasteiger partial charge in [0.2, 0.25) is 5.91 Å². The highest BCUT2D eigenvalue weighted by Gasteiger charge is 2.32. The number of benzene rings is 2. The van der Waals surface area contributed by atoms with Crippen molar-refractivity contribution in [2.24, 2.45) is 0 Å². The van der Waals surface area contributed by atoms with E-state index in [0.29, 0.717) is 22.7 Å². The summed E-state index contributed by atoms with van der Waals surface area (Å²) in [6.45, 7) is 1.50. The Hall–Kier alpha value is -3.35. The molecule has 7 heteroatoms. The topological polar surface area (TPSA) is 87.7 Å². The van der Waals surface area contributed by atoms with E-state index < -0.39 is 6.10 Å². The molecule has 0 bridgehead atoms. The van der Waals surface area contributed by atoms with Gasteiger partial charge in [-0.25, -0.2) is 0 Å². The maximum Gasteiger partial charge on any atom is 0.268 e. The van der Waals surface area contributed by atoms with Crippen LogP contribution in [0.5, 0.6) is 5.75 Å². The van der Waals surface area contributed by atoms with Crippen LogP contribution in [0.15, 0.2) is 48.5 Å². The van der Waals surface area contributed by atoms with E-state index in [4.69, 9.17) is 4.74 Å². The van der Waals surface area contributed by atoms with Crippen LogP contribution in [-0.4, -0.2) is 37.4 Å². The number of hydrogen-bond acceptors (Lipinski definition) is 4. The molecule has 0 spiro atoms. The second-order valence-corrected chi connectivity index (χ2v) is 5.86. The van der Waals surface area contributed by atoms with E-state index in [1.807, 2.05) is 6.07 Å². The molecule has 7 nitrogen and oxygen atoms in total. The van der Waals surface area contributed by atoms with Crippen molar-refractivity contribution < 1.29 is 19.1 Å². The monoisotopic (exact) mass is 353 g/mol. The van der Waals surface area contributed by atoms with Gasteiger partial charge in [0.15, 0.2) is 6.10 Å². The van der Waals surface area contributed by atoms with Gasteiger partial charge in [0.05, 0.1) is 5.69 Å². The molecule has 2 N–H and O–H groups in total. The van der Waals surface area contributed by atoms with Gasteiger partial charge in [-0.1, -0.05) is 18.2 Å². The van der Waals surface area contributed by atoms with E-state index in [1.165, 1.54) is 11.9 Å². The highest BCUT2D eigenvalue weighted by Crippen LogP contribution is 2.33. The van der Waals surface area contributed by atoms with Gasteiger partial charge in [-0.3, -0.25) is 19.3 Å². The summed E-state index contributed by atoms with van der Waals surface area (Å²) in [5.74, 6) is -0.324. The van der Waals surface area contributed by atoms with Crippen molar-refractivity contribution in [2.75, 3.05) is 23.8 Å². The van der Waals surface area contributed by atoms with Crippen molar-refractivity contribution >= 4 is 29.1 Å². The summed E-state index contributed by atoms with van der Waals surface area (Å²) >= 11 is 0. The Balaban J connectivity index is 1.76. The first kappa shape index (κ1) is 17.5. The smallest absolute Gasteiger partial charge is 0.268 e. The van der Waals surface area contributed by atoms with Crippen molar-refractivity contribution in [2.45, 2.75) is 13.0 Å². The minimum absolute atomic E-state index is 0.145. The zero-order chi connectivity index (χ0) is 18.7. The van der Waals surface area contributed by atoms with Gasteiger partial charge in [-0.05, 0) is 37.3 Å². The zero-order valence-corrected chi connectivity index (χ0v) is 14.5. The van der Waals surface area contributed by atoms with Crippen LogP contribution in [0.25, 0.3) is 0 Å². The van der Waals surface area contributed by atoms with Gasteiger partial charge < -0.3 is 15.4 Å². The molecule has 2 aromatic rings. The molecule has 1 atom stereocenters. The molecule has 0 aromatic heterocycles. The summed E-state index contributed by atoms with van der Waals surface area (Å²) in [6.07, 6.45) is -0.658. The third kappa shape index (κ3) is 3.51. The van der Waals surface area contributed by atoms with E-state index in [-0.39, 0.29) is 24.3 Å². The number of hydrogen-bond donors (Lipinski definition) is 2. The van der Waals surface area contributed by atoms with Crippen molar-refractivity contribution in [3.8, 4) is 5.75 Å². The summed E-state index contributed by atoms with van der Waals surface area (Å²) in [5.41, 5.74) is 1.48. The standard InChI is InChI=1S/C19H19N3O4/c1-12-19(25)22(15-8-3-4-9-16(15)26-12)11-17(23)21-14-7-5-6-13(10-14)18(24)20-2/h3-10,12H,11H2,1-2H3,(H,20,24)(H,21,23). The normalized spacial score (nSPS) is 15.7. The summed E-state index contributed by atoms with van der Waals surface area (Å²) in [5, 5.41) is 5.25. The molecule has 0 aliphatic carbocycles. The SMILES string of the molecule is CNC(=O)c1cccc(NC(=O)CN2C(=O)C(C)Oc3ccccc32)c1. The van der Waals surface area contributed by atoms with E-state index in [0.717, 1.165) is 0 Å². The van der Waals surface area contributed by atoms with Gasteiger partial charge in [-0.15, -0.1) is 0 Å². The first-order chi connectivity index (χ1) is 12.5. The predicted octanol–water partition coefficient (Wildman–Crippen LogP) is 1.80. The number of carbonyl (C=O) groups excluding carboxylic acids is 3. The fourth-order valence-electron chi connectivity index (χ4n) is 2.75. The average Bonchev–Trinajstić information content (AvgIpc) is 2.65. The molecule has 0 fully saturated rings. The number of fused-ring (bicyclic) bond motifs is 1. The fraction of sp³-hybridized carbons (Fsp3) is 0.211. The Kier molecular flexibility index (Phi) is 4.88. The molecule has 2 aromatic carbocycles. The van der Waals surface area contributed by atoms with Crippen molar-refractivity contribution in [3.05, 3.63) is 54.1 Å². The minimum Gasteiger partial charge on any atom is -0.479 e. The molecule has 3 amide bonds. The lowest BCUT2D eigenvalue weighted by atomic mass is 10.1. The van der Waals surface area contributed by atoms with E-state index in [1.54, 1.807) is 49.4 Å². The molecule has 1 unspecified atom stereocenters. The fourth-order valence-corrected chi connectivity index (χ4v) is 2.75. The van der Waals surface area contributed by atoms with Gasteiger partial charge in [-0.2, -0.15) is 0 Å². The molecule has 0 saturated carbocycles. The molecule has 3 rings (SSSR count). The largest absolute Gasteiger partial charge is 0.479 e. The van der Waals surface area contributed by atoms with Gasteiger partial charge >= 0.3 is 0 Å². The number of carbonyl (C=O) groups is 3. The van der Waals surface area contributed by atoms with Crippen LogP contribution in [-0.2, 0) is 9.59 Å². The number of nitrogens with one attached hydrogen (secondary N) is 2. The number of amides is 3. The summed E-state index contributed by atoms with van der Waals surface area (Å²) in [4.78, 5) is 38.0. The van der Waals surface area contributed by atoms with Gasteiger partial charge in [0.1, 0.15) is 12.3 Å². The Bertz CT molecular complexity index is 865. The highest BCUT2D eigenvalue weighted by molar-refractivity contribution is 6.06. The summed E-state index contributed by atoms with van der Waals surface area (Å²) in [6, 6.07) is 13.7. The minimum atomic E-state index is -0.658. The molecular formula is C19H19N3O4. The number of rotatable bonds is 4. The molecule has 1 heterocycles. The second kappa shape index (κ2) is 7.26. The Morgan fingerprint density at radius 3 is 2.69 bits per heavy atom. The lowest BCUT2D eigenvalue weighted by Crippen LogP contribution is -2.47. The number of ether oxygens (including phenoxy) is 1. The van der Waals surface area contributed by atoms with Crippen molar-refractivity contribution in [1.29, 1.82) is 0 Å². The van der Waals surface area contributed by atoms with Crippen LogP contribution in [0, 0.1) is 0 Å². The molecule has 134 valence electrons. The molecule has 1 aliphatic rings. The molecule has 0 radical (unpaired) electrons. The summed E-state index contributed by atoms with van der Waals surface area (Å²) < 4.78 is 5.56. The molecular weight excluding hydrogens is 334 g/mol. The Morgan fingerprint density at radius 1 is 1.15 bits per heavy atom. The zero-order valence-electron chi connectivity index (χ0n) is 14.5. The van der Waals surface area contributed by atoms with Crippen molar-refractivity contribution in [1.82, 2.24) is 5.32 Å². The highest BCUT2D eigenvalue weighted by atomic mass is 16.5. The third-order valence-corrected chi connectivity index (χ3v) is 4.01. The molecule has 0 saturated heterocycles. The van der Waals surface area contributed by atoms with E-state index >= 15 is 0 Å². The lowest BCUT2D eigenvalue weighted by molar-refractivity contribution is -0.127. The number of anilines is 2. The number of para-hydroxylation sites is 2. The van der Waals surface area contributed by atoms with Crippen LogP contribution in [0.3, 0.4) is 0 Å². The van der Waals surface area contributed by atoms with Gasteiger partial charge in [0, 0.05) is 18.3 Å². The van der Waals surface area contributed by atoms with Crippen LogP contribution in [0.4, 0.5) is 11.4 Å². The van der Waals surface area contributed by atoms with E-state index in [9.17, 15) is 14.4 Å². The average molecular weight is 353 g/mol. The first-order valence-electron chi connectivity index (χ1n) is 8.18. The van der Waals surface area contributed by atoms with Crippen LogP contribution in [0.1, 0.15) is 17.3 Å². The Morgan fingerprint density at radius 2 is 1.92 bits per heavy atom. The maximum atomic E-state index is 12.4. The second-order valence-electron chi connectivity index (χ2n) is 5.86. The van der Waals surface area contributed by atoms with Crippen molar-refractivity contribution in [3.63, 3.8) is 0 Å². The molecule has 1 aliphatic heterocycles. The van der Waals surface area contributed by atoms with Gasteiger partial charge in [0.25, 0.3) is 11.8 Å². The van der Waals surface area contributed by atoms with Crippen LogP contribution < -0.4 is 20.3 Å². The maximum absolute atomic E-state index is 12.4. The quantitative estimate of drug-likeness (QED) is 0.877. The van der Waals surface area contributed by atoms with Crippen LogP contribution in [0.2, 0.25) is 0 Å². The predicted molar refractivity (Wildman–Crippen MR) is 97.3 cm³/mol. The Labute approximate surface area is 150 Å². The van der Waals surface area contributed by atoms with E-state index in [2.05, 4.69) is 10.6 Å². The lowest BCUT2D eigenvalue weighted by Gasteiger charge is -2.32. The number of nitrogens with zero attached hydrogens (tertiary/aromatic N) is 1.